The van der Waals surface area contributed by atoms with Crippen molar-refractivity contribution in [2.45, 2.75) is 0 Å². The molecule has 28 heavy (non-hydrogen) atoms. The van der Waals surface area contributed by atoms with Gasteiger partial charge in [0.1, 0.15) is 11.3 Å². The zero-order valence-corrected chi connectivity index (χ0v) is 16.2. The molecule has 0 bridgehead atoms. The average molecular weight is 392 g/mol. The van der Waals surface area contributed by atoms with Gasteiger partial charge in [0.25, 0.3) is 0 Å². The van der Waals surface area contributed by atoms with Crippen LogP contribution in [0.3, 0.4) is 0 Å². The van der Waals surface area contributed by atoms with Crippen LogP contribution in [-0.4, -0.2) is 14.2 Å². The summed E-state index contributed by atoms with van der Waals surface area (Å²) in [6, 6.07) is 22.9. The minimum Gasteiger partial charge on any atom is -0.493 e. The monoisotopic (exact) mass is 391 g/mol. The zero-order valence-electron chi connectivity index (χ0n) is 15.5. The van der Waals surface area contributed by atoms with Crippen LogP contribution in [0.1, 0.15) is 0 Å². The van der Waals surface area contributed by atoms with Crippen LogP contribution in [0, 0.1) is 0 Å². The van der Waals surface area contributed by atoms with Gasteiger partial charge >= 0.3 is 0 Å². The largest absolute Gasteiger partial charge is 0.493 e. The number of hydrogen-bond acceptors (Lipinski definition) is 4. The molecule has 0 spiro atoms. The second kappa shape index (κ2) is 7.79. The molecular weight excluding hydrogens is 374 g/mol. The lowest BCUT2D eigenvalue weighted by atomic mass is 10.1. The molecule has 4 nitrogen and oxygen atoms in total. The molecule has 140 valence electrons. The van der Waals surface area contributed by atoms with E-state index < -0.39 is 0 Å². The molecule has 0 radical (unpaired) electrons. The van der Waals surface area contributed by atoms with Crippen LogP contribution in [0.25, 0.3) is 22.3 Å². The van der Waals surface area contributed by atoms with Gasteiger partial charge in [0.2, 0.25) is 0 Å². The maximum absolute atomic E-state index is 6.14. The number of fused-ring (bicyclic) bond motifs is 1. The molecule has 0 saturated carbocycles. The van der Waals surface area contributed by atoms with E-state index >= 15 is 0 Å². The second-order valence-corrected chi connectivity index (χ2v) is 6.59. The number of para-hydroxylation sites is 1. The Morgan fingerprint density at radius 3 is 2.32 bits per heavy atom. The van der Waals surface area contributed by atoms with Crippen molar-refractivity contribution >= 4 is 28.3 Å². The van der Waals surface area contributed by atoms with E-state index in [-0.39, 0.29) is 0 Å². The molecule has 4 aromatic rings. The van der Waals surface area contributed by atoms with Crippen molar-refractivity contribution in [1.29, 1.82) is 0 Å². The van der Waals surface area contributed by atoms with E-state index in [4.69, 9.17) is 30.5 Å². The highest BCUT2D eigenvalue weighted by molar-refractivity contribution is 6.30. The first-order valence-corrected chi connectivity index (χ1v) is 9.11. The molecule has 1 aromatic heterocycles. The highest BCUT2D eigenvalue weighted by atomic mass is 35.5. The van der Waals surface area contributed by atoms with Gasteiger partial charge in [0, 0.05) is 22.0 Å². The fourth-order valence-corrected chi connectivity index (χ4v) is 3.12. The molecule has 0 fully saturated rings. The Balaban J connectivity index is 1.93. The Labute approximate surface area is 167 Å². The number of ether oxygens (including phenoxy) is 2. The Hall–Kier alpha value is -3.24. The quantitative estimate of drug-likeness (QED) is 0.428. The van der Waals surface area contributed by atoms with Gasteiger partial charge in [-0.25, -0.2) is 4.99 Å². The number of hydrogen-bond donors (Lipinski definition) is 0. The van der Waals surface area contributed by atoms with Crippen LogP contribution in [-0.2, 0) is 0 Å². The molecular formula is C23H18ClNO3. The summed E-state index contributed by atoms with van der Waals surface area (Å²) < 4.78 is 16.9. The molecule has 0 aliphatic carbocycles. The third-order valence-corrected chi connectivity index (χ3v) is 4.65. The van der Waals surface area contributed by atoms with Crippen LogP contribution < -0.4 is 14.8 Å². The van der Waals surface area contributed by atoms with Gasteiger partial charge in [-0.05, 0) is 54.6 Å². The van der Waals surface area contributed by atoms with Gasteiger partial charge in [0.05, 0.1) is 25.3 Å². The average Bonchev–Trinajstić information content (AvgIpc) is 2.74. The highest BCUT2D eigenvalue weighted by Gasteiger charge is 2.10. The topological polar surface area (TPSA) is 44.0 Å². The lowest BCUT2D eigenvalue weighted by Gasteiger charge is -2.10. The molecule has 0 atom stereocenters. The number of benzene rings is 3. The summed E-state index contributed by atoms with van der Waals surface area (Å²) in [7, 11) is 3.22. The SMILES string of the molecule is COc1ccc(-c2cc(=Nc3ccc(Cl)cc3)c3ccccc3o2)cc1OC. The summed E-state index contributed by atoms with van der Waals surface area (Å²) in [6.07, 6.45) is 0. The van der Waals surface area contributed by atoms with Gasteiger partial charge in [0.15, 0.2) is 11.5 Å². The van der Waals surface area contributed by atoms with Crippen LogP contribution in [0.2, 0.25) is 5.02 Å². The number of halogens is 1. The van der Waals surface area contributed by atoms with Gasteiger partial charge in [-0.2, -0.15) is 0 Å². The second-order valence-electron chi connectivity index (χ2n) is 6.15. The Kier molecular flexibility index (Phi) is 5.04. The smallest absolute Gasteiger partial charge is 0.161 e. The molecule has 0 aliphatic heterocycles. The normalized spacial score (nSPS) is 11.6. The molecule has 4 rings (SSSR count). The molecule has 0 unspecified atom stereocenters. The summed E-state index contributed by atoms with van der Waals surface area (Å²) in [5.74, 6) is 1.99. The summed E-state index contributed by atoms with van der Waals surface area (Å²) >= 11 is 5.99. The predicted octanol–water partition coefficient (Wildman–Crippen LogP) is 6.00. The summed E-state index contributed by atoms with van der Waals surface area (Å²) in [5, 5.41) is 2.42. The first kappa shape index (κ1) is 18.1. The first-order chi connectivity index (χ1) is 13.7. The molecule has 5 heteroatoms. The predicted molar refractivity (Wildman–Crippen MR) is 111 cm³/mol. The van der Waals surface area contributed by atoms with Crippen LogP contribution >= 0.6 is 11.6 Å². The third kappa shape index (κ3) is 3.59. The van der Waals surface area contributed by atoms with Crippen molar-refractivity contribution in [1.82, 2.24) is 0 Å². The van der Waals surface area contributed by atoms with Crippen molar-refractivity contribution in [2.75, 3.05) is 14.2 Å². The van der Waals surface area contributed by atoms with Crippen molar-refractivity contribution < 1.29 is 13.9 Å². The Morgan fingerprint density at radius 2 is 1.57 bits per heavy atom. The maximum atomic E-state index is 6.14. The molecule has 0 aliphatic rings. The molecule has 0 N–H and O–H groups in total. The standard InChI is InChI=1S/C23H18ClNO3/c1-26-21-12-7-15(13-23(21)27-2)22-14-19(18-5-3-4-6-20(18)28-22)25-17-10-8-16(24)9-11-17/h3-14H,1-2H3. The van der Waals surface area contributed by atoms with Gasteiger partial charge < -0.3 is 13.9 Å². The van der Waals surface area contributed by atoms with Crippen molar-refractivity contribution in [3.05, 3.63) is 83.2 Å². The van der Waals surface area contributed by atoms with Crippen molar-refractivity contribution in [3.63, 3.8) is 0 Å². The third-order valence-electron chi connectivity index (χ3n) is 4.39. The van der Waals surface area contributed by atoms with E-state index in [1.165, 1.54) is 0 Å². The summed E-state index contributed by atoms with van der Waals surface area (Å²) in [4.78, 5) is 4.80. The summed E-state index contributed by atoms with van der Waals surface area (Å²) in [5.41, 5.74) is 2.44. The molecule has 0 saturated heterocycles. The van der Waals surface area contributed by atoms with Crippen LogP contribution in [0.15, 0.2) is 82.2 Å². The Morgan fingerprint density at radius 1 is 0.821 bits per heavy atom. The molecule has 1 heterocycles. The molecule has 0 amide bonds. The van der Waals surface area contributed by atoms with Gasteiger partial charge in [-0.3, -0.25) is 0 Å². The number of methoxy groups -OCH3 is 2. The van der Waals surface area contributed by atoms with E-state index in [1.54, 1.807) is 14.2 Å². The van der Waals surface area contributed by atoms with Crippen molar-refractivity contribution in [3.8, 4) is 22.8 Å². The minimum absolute atomic E-state index is 0.638. The number of nitrogens with zero attached hydrogens (tertiary/aromatic N) is 1. The maximum Gasteiger partial charge on any atom is 0.161 e. The fourth-order valence-electron chi connectivity index (χ4n) is 3.00. The lowest BCUT2D eigenvalue weighted by Crippen LogP contribution is -2.03. The Bertz CT molecular complexity index is 1200. The number of rotatable bonds is 4. The molecule has 3 aromatic carbocycles. The van der Waals surface area contributed by atoms with E-state index in [2.05, 4.69) is 0 Å². The summed E-state index contributed by atoms with van der Waals surface area (Å²) in [6.45, 7) is 0. The fraction of sp³-hybridized carbons (Fsp3) is 0.0870. The van der Waals surface area contributed by atoms with E-state index in [0.29, 0.717) is 22.3 Å². The highest BCUT2D eigenvalue weighted by Crippen LogP contribution is 2.32. The van der Waals surface area contributed by atoms with Gasteiger partial charge in [-0.15, -0.1) is 0 Å². The zero-order chi connectivity index (χ0) is 19.5. The van der Waals surface area contributed by atoms with E-state index in [9.17, 15) is 0 Å². The van der Waals surface area contributed by atoms with Gasteiger partial charge in [-0.1, -0.05) is 23.7 Å². The van der Waals surface area contributed by atoms with E-state index in [1.807, 2.05) is 72.8 Å². The van der Waals surface area contributed by atoms with E-state index in [0.717, 1.165) is 27.6 Å². The minimum atomic E-state index is 0.638. The lowest BCUT2D eigenvalue weighted by molar-refractivity contribution is 0.355. The van der Waals surface area contributed by atoms with Crippen LogP contribution in [0.4, 0.5) is 5.69 Å². The first-order valence-electron chi connectivity index (χ1n) is 8.73. The van der Waals surface area contributed by atoms with Crippen LogP contribution in [0.5, 0.6) is 11.5 Å². The van der Waals surface area contributed by atoms with Crippen molar-refractivity contribution in [2.24, 2.45) is 4.99 Å².